The summed E-state index contributed by atoms with van der Waals surface area (Å²) in [4.78, 5) is 0. The van der Waals surface area contributed by atoms with Gasteiger partial charge in [-0.25, -0.2) is 0 Å². The summed E-state index contributed by atoms with van der Waals surface area (Å²) >= 11 is 0. The molecule has 2 atom stereocenters. The molecule has 0 N–H and O–H groups in total. The maximum atomic E-state index is 15.3. The molecule has 1 aliphatic carbocycles. The molecule has 1 nitrogen and oxygen atoms in total. The van der Waals surface area contributed by atoms with Crippen molar-refractivity contribution in [2.75, 3.05) is 0 Å². The Morgan fingerprint density at radius 1 is 0.706 bits per heavy atom. The molecule has 4 aromatic carbocycles. The van der Waals surface area contributed by atoms with Crippen molar-refractivity contribution in [3.05, 3.63) is 144 Å². The largest absolute Gasteiger partial charge is 0.313 e. The SMILES string of the molecule is CCc1ccccc1P(C1=CC=CC1P(=O)(c1ccccc1)c1ccccc1)c1ccccc1. The van der Waals surface area contributed by atoms with Crippen molar-refractivity contribution >= 4 is 36.3 Å². The quantitative estimate of drug-likeness (QED) is 0.277. The number of rotatable bonds is 7. The number of hydrogen-bond donors (Lipinski definition) is 0. The van der Waals surface area contributed by atoms with E-state index in [1.807, 2.05) is 60.7 Å². The molecular weight excluding hydrogens is 450 g/mol. The van der Waals surface area contributed by atoms with Gasteiger partial charge in [-0.3, -0.25) is 0 Å². The molecule has 1 aliphatic rings. The summed E-state index contributed by atoms with van der Waals surface area (Å²) in [5.74, 6) is 0. The van der Waals surface area contributed by atoms with E-state index in [-0.39, 0.29) is 5.66 Å². The van der Waals surface area contributed by atoms with E-state index >= 15 is 4.57 Å². The number of aryl methyl sites for hydroxylation is 1. The van der Waals surface area contributed by atoms with E-state index in [0.29, 0.717) is 0 Å². The molecule has 34 heavy (non-hydrogen) atoms. The molecule has 0 saturated heterocycles. The van der Waals surface area contributed by atoms with Crippen molar-refractivity contribution in [1.82, 2.24) is 0 Å². The first-order valence-electron chi connectivity index (χ1n) is 11.8. The molecule has 0 aromatic heterocycles. The zero-order valence-electron chi connectivity index (χ0n) is 19.3. The Balaban J connectivity index is 1.71. The second-order valence-corrected chi connectivity index (χ2v) is 13.5. The zero-order valence-corrected chi connectivity index (χ0v) is 21.1. The van der Waals surface area contributed by atoms with Crippen molar-refractivity contribution in [2.45, 2.75) is 19.0 Å². The summed E-state index contributed by atoms with van der Waals surface area (Å²) in [6.07, 6.45) is 7.49. The second-order valence-electron chi connectivity index (χ2n) is 8.40. The van der Waals surface area contributed by atoms with Gasteiger partial charge < -0.3 is 4.57 Å². The number of hydrogen-bond acceptors (Lipinski definition) is 1. The van der Waals surface area contributed by atoms with Crippen LogP contribution in [0.5, 0.6) is 0 Å². The minimum atomic E-state index is -2.99. The van der Waals surface area contributed by atoms with Gasteiger partial charge in [0.25, 0.3) is 0 Å². The number of benzene rings is 4. The van der Waals surface area contributed by atoms with Crippen LogP contribution in [0.25, 0.3) is 0 Å². The highest BCUT2D eigenvalue weighted by Gasteiger charge is 2.41. The van der Waals surface area contributed by atoms with Crippen LogP contribution in [-0.2, 0) is 11.0 Å². The molecule has 0 heterocycles. The molecule has 3 heteroatoms. The zero-order chi connectivity index (χ0) is 23.4. The Hall–Kier alpha value is -2.98. The topological polar surface area (TPSA) is 17.1 Å². The van der Waals surface area contributed by atoms with Crippen molar-refractivity contribution < 1.29 is 4.57 Å². The van der Waals surface area contributed by atoms with Gasteiger partial charge in [-0.15, -0.1) is 0 Å². The van der Waals surface area contributed by atoms with Gasteiger partial charge in [0.1, 0.15) is 0 Å². The fraction of sp³-hybridized carbons (Fsp3) is 0.0968. The van der Waals surface area contributed by atoms with E-state index < -0.39 is 15.1 Å². The summed E-state index contributed by atoms with van der Waals surface area (Å²) in [6, 6.07) is 39.6. The molecule has 0 spiro atoms. The molecule has 0 aliphatic heterocycles. The van der Waals surface area contributed by atoms with E-state index in [4.69, 9.17) is 0 Å². The van der Waals surface area contributed by atoms with Gasteiger partial charge in [0, 0.05) is 10.6 Å². The van der Waals surface area contributed by atoms with Crippen LogP contribution in [0.1, 0.15) is 12.5 Å². The summed E-state index contributed by atoms with van der Waals surface area (Å²) in [7, 11) is -3.82. The van der Waals surface area contributed by atoms with Crippen molar-refractivity contribution in [2.24, 2.45) is 0 Å². The first-order chi connectivity index (χ1) is 16.7. The summed E-state index contributed by atoms with van der Waals surface area (Å²) in [5, 5.41) is 5.74. The summed E-state index contributed by atoms with van der Waals surface area (Å²) < 4.78 is 15.3. The number of allylic oxidation sites excluding steroid dienone is 4. The van der Waals surface area contributed by atoms with Crippen LogP contribution in [0.2, 0.25) is 0 Å². The van der Waals surface area contributed by atoms with E-state index in [2.05, 4.69) is 79.7 Å². The summed E-state index contributed by atoms with van der Waals surface area (Å²) in [5.41, 5.74) is 1.19. The average Bonchev–Trinajstić information content (AvgIpc) is 3.40. The average molecular weight is 479 g/mol. The molecule has 168 valence electrons. The van der Waals surface area contributed by atoms with E-state index in [1.54, 1.807) is 0 Å². The van der Waals surface area contributed by atoms with Crippen molar-refractivity contribution in [1.29, 1.82) is 0 Å². The molecule has 0 saturated carbocycles. The van der Waals surface area contributed by atoms with Crippen LogP contribution in [-0.4, -0.2) is 5.66 Å². The van der Waals surface area contributed by atoms with Gasteiger partial charge in [-0.2, -0.15) is 0 Å². The lowest BCUT2D eigenvalue weighted by atomic mass is 10.2. The molecule has 0 amide bonds. The maximum absolute atomic E-state index is 15.3. The first kappa shape index (κ1) is 22.8. The minimum absolute atomic E-state index is 0.173. The fourth-order valence-electron chi connectivity index (χ4n) is 4.77. The molecular formula is C31H28OP2. The summed E-state index contributed by atoms with van der Waals surface area (Å²) in [6.45, 7) is 2.22. The smallest absolute Gasteiger partial charge is 0.154 e. The third kappa shape index (κ3) is 4.16. The van der Waals surface area contributed by atoms with Crippen LogP contribution in [0.4, 0.5) is 0 Å². The molecule has 4 aromatic rings. The van der Waals surface area contributed by atoms with Gasteiger partial charge in [0.15, 0.2) is 7.14 Å². The van der Waals surface area contributed by atoms with Crippen LogP contribution >= 0.6 is 15.1 Å². The van der Waals surface area contributed by atoms with Crippen LogP contribution in [0, 0.1) is 0 Å². The molecule has 5 rings (SSSR count). The Morgan fingerprint density at radius 3 is 1.82 bits per heavy atom. The van der Waals surface area contributed by atoms with Crippen LogP contribution < -0.4 is 21.2 Å². The van der Waals surface area contributed by atoms with Crippen LogP contribution in [0.15, 0.2) is 139 Å². The normalized spacial score (nSPS) is 16.3. The highest BCUT2D eigenvalue weighted by molar-refractivity contribution is 7.83. The maximum Gasteiger partial charge on any atom is 0.154 e. The van der Waals surface area contributed by atoms with Gasteiger partial charge in [0.05, 0.1) is 5.66 Å². The third-order valence-corrected chi connectivity index (χ3v) is 12.7. The monoisotopic (exact) mass is 478 g/mol. The predicted octanol–water partition coefficient (Wildman–Crippen LogP) is 6.52. The molecule has 0 radical (unpaired) electrons. The third-order valence-electron chi connectivity index (χ3n) is 6.42. The van der Waals surface area contributed by atoms with E-state index in [9.17, 15) is 0 Å². The standard InChI is InChI=1S/C31H28OP2/c1-2-25-15-12-13-22-29(25)33(26-16-6-3-7-17-26)30-23-14-24-31(30)34(32,27-18-8-4-9-19-27)28-20-10-5-11-21-28/h3-24,31H,2H2,1H3. The molecule has 2 unspecified atom stereocenters. The van der Waals surface area contributed by atoms with Crippen LogP contribution in [0.3, 0.4) is 0 Å². The van der Waals surface area contributed by atoms with E-state index in [1.165, 1.54) is 21.5 Å². The Labute approximate surface area is 204 Å². The lowest BCUT2D eigenvalue weighted by molar-refractivity contribution is 0.585. The Morgan fingerprint density at radius 2 is 1.24 bits per heavy atom. The molecule has 0 fully saturated rings. The first-order valence-corrected chi connectivity index (χ1v) is 14.9. The fourth-order valence-corrected chi connectivity index (χ4v) is 11.2. The minimum Gasteiger partial charge on any atom is -0.313 e. The highest BCUT2D eigenvalue weighted by atomic mass is 31.2. The van der Waals surface area contributed by atoms with Crippen molar-refractivity contribution in [3.8, 4) is 0 Å². The molecule has 0 bridgehead atoms. The lowest BCUT2D eigenvalue weighted by Crippen LogP contribution is -2.27. The Kier molecular flexibility index (Phi) is 6.77. The predicted molar refractivity (Wildman–Crippen MR) is 149 cm³/mol. The van der Waals surface area contributed by atoms with Gasteiger partial charge >= 0.3 is 0 Å². The second kappa shape index (κ2) is 10.1. The van der Waals surface area contributed by atoms with Gasteiger partial charge in [0.2, 0.25) is 0 Å². The van der Waals surface area contributed by atoms with Gasteiger partial charge in [-0.1, -0.05) is 140 Å². The van der Waals surface area contributed by atoms with E-state index in [0.717, 1.165) is 17.0 Å². The highest BCUT2D eigenvalue weighted by Crippen LogP contribution is 2.61. The van der Waals surface area contributed by atoms with Crippen molar-refractivity contribution in [3.63, 3.8) is 0 Å². The lowest BCUT2D eigenvalue weighted by Gasteiger charge is -2.32. The van der Waals surface area contributed by atoms with Gasteiger partial charge in [-0.05, 0) is 35.8 Å². The Bertz CT molecular complexity index is 1310.